The number of carbonyl (C=O) groups is 3. The molecule has 10 nitrogen and oxygen atoms in total. The van der Waals surface area contributed by atoms with Crippen LogP contribution in [0.5, 0.6) is 0 Å². The highest BCUT2D eigenvalue weighted by atomic mass is 32.2. The lowest BCUT2D eigenvalue weighted by Gasteiger charge is -2.21. The molecule has 1 aromatic carbocycles. The van der Waals surface area contributed by atoms with Crippen LogP contribution < -0.4 is 15.4 Å². The molecule has 26 heavy (non-hydrogen) atoms. The van der Waals surface area contributed by atoms with Crippen LogP contribution in [0.25, 0.3) is 0 Å². The summed E-state index contributed by atoms with van der Waals surface area (Å²) in [5.74, 6) is -1.51. The van der Waals surface area contributed by atoms with Gasteiger partial charge in [-0.15, -0.1) is 0 Å². The van der Waals surface area contributed by atoms with Gasteiger partial charge in [0.15, 0.2) is 5.25 Å². The number of ether oxygens (including phenoxy) is 1. The lowest BCUT2D eigenvalue weighted by atomic mass is 10.1. The second-order valence-corrected chi connectivity index (χ2v) is 7.13. The summed E-state index contributed by atoms with van der Waals surface area (Å²) in [5, 5.41) is 2.75. The van der Waals surface area contributed by atoms with Crippen LogP contribution in [0.4, 0.5) is 10.5 Å². The van der Waals surface area contributed by atoms with Crippen LogP contribution in [-0.4, -0.2) is 57.5 Å². The Labute approximate surface area is 150 Å². The fourth-order valence-corrected chi connectivity index (χ4v) is 3.76. The number of benzene rings is 1. The number of anilines is 1. The van der Waals surface area contributed by atoms with E-state index in [2.05, 4.69) is 15.0 Å². The fraction of sp³-hybridized carbons (Fsp3) is 0.333. The smallest absolute Gasteiger partial charge is 0.347 e. The second-order valence-electron chi connectivity index (χ2n) is 5.37. The number of sulfonamides is 1. The van der Waals surface area contributed by atoms with Crippen LogP contribution in [0.15, 0.2) is 29.3 Å². The van der Waals surface area contributed by atoms with Crippen LogP contribution in [0.2, 0.25) is 0 Å². The third-order valence-corrected chi connectivity index (χ3v) is 5.13. The molecule has 1 unspecified atom stereocenters. The molecule has 1 heterocycles. The minimum absolute atomic E-state index is 0.0000770. The molecule has 0 aromatic heterocycles. The summed E-state index contributed by atoms with van der Waals surface area (Å²) < 4.78 is 32.3. The highest BCUT2D eigenvalue weighted by molar-refractivity contribution is 7.94. The zero-order chi connectivity index (χ0) is 19.3. The minimum Gasteiger partial charge on any atom is -0.383 e. The van der Waals surface area contributed by atoms with Gasteiger partial charge < -0.3 is 10.1 Å². The Morgan fingerprint density at radius 3 is 2.65 bits per heavy atom. The maximum Gasteiger partial charge on any atom is 0.347 e. The normalized spacial score (nSPS) is 17.3. The number of amides is 4. The number of para-hydroxylation sites is 1. The van der Waals surface area contributed by atoms with Crippen molar-refractivity contribution in [3.63, 3.8) is 0 Å². The summed E-state index contributed by atoms with van der Waals surface area (Å²) in [4.78, 5) is 38.8. The van der Waals surface area contributed by atoms with E-state index < -0.39 is 33.1 Å². The van der Waals surface area contributed by atoms with Crippen LogP contribution >= 0.6 is 0 Å². The number of imide groups is 1. The summed E-state index contributed by atoms with van der Waals surface area (Å²) in [6, 6.07) is 5.01. The number of rotatable bonds is 7. The number of hydrogen-bond donors (Lipinski definition) is 3. The highest BCUT2D eigenvalue weighted by Crippen LogP contribution is 2.19. The third kappa shape index (κ3) is 4.43. The molecular formula is C15H18N4O6S. The largest absolute Gasteiger partial charge is 0.383 e. The van der Waals surface area contributed by atoms with Gasteiger partial charge in [-0.05, 0) is 19.1 Å². The predicted octanol–water partition coefficient (Wildman–Crippen LogP) is -0.116. The number of urea groups is 1. The molecule has 0 saturated heterocycles. The van der Waals surface area contributed by atoms with Crippen molar-refractivity contribution in [3.05, 3.63) is 29.8 Å². The Morgan fingerprint density at radius 1 is 1.31 bits per heavy atom. The quantitative estimate of drug-likeness (QED) is 0.561. The van der Waals surface area contributed by atoms with Gasteiger partial charge in [0.25, 0.3) is 11.8 Å². The molecule has 0 aliphatic carbocycles. The number of aliphatic imine (C=N–C) groups is 1. The number of carbonyl (C=O) groups excluding carboxylic acids is 3. The molecule has 11 heteroatoms. The third-order valence-electron chi connectivity index (χ3n) is 3.45. The Kier molecular flexibility index (Phi) is 6.05. The molecule has 1 aromatic rings. The summed E-state index contributed by atoms with van der Waals surface area (Å²) in [5.41, 5.74) is -0.0812. The molecule has 2 rings (SSSR count). The van der Waals surface area contributed by atoms with Crippen molar-refractivity contribution < 1.29 is 27.5 Å². The summed E-state index contributed by atoms with van der Waals surface area (Å²) in [6.45, 7) is 1.81. The van der Waals surface area contributed by atoms with E-state index in [1.54, 1.807) is 6.07 Å². The fourth-order valence-electron chi connectivity index (χ4n) is 2.32. The van der Waals surface area contributed by atoms with Crippen molar-refractivity contribution in [2.75, 3.05) is 25.0 Å². The van der Waals surface area contributed by atoms with Gasteiger partial charge in [-0.2, -0.15) is 0 Å². The zero-order valence-electron chi connectivity index (χ0n) is 14.1. The summed E-state index contributed by atoms with van der Waals surface area (Å²) in [6.07, 6.45) is 0. The van der Waals surface area contributed by atoms with Crippen molar-refractivity contribution >= 4 is 39.3 Å². The molecule has 3 N–H and O–H groups in total. The van der Waals surface area contributed by atoms with Crippen molar-refractivity contribution in [1.82, 2.24) is 10.6 Å². The second kappa shape index (κ2) is 8.06. The van der Waals surface area contributed by atoms with E-state index in [4.69, 9.17) is 4.74 Å². The van der Waals surface area contributed by atoms with E-state index in [0.717, 1.165) is 0 Å². The van der Waals surface area contributed by atoms with Crippen molar-refractivity contribution in [2.45, 2.75) is 12.2 Å². The maximum atomic E-state index is 12.6. The molecule has 1 aliphatic rings. The number of methoxy groups -OCH3 is 1. The molecule has 1 aliphatic heterocycles. The number of nitrogens with one attached hydrogen (secondary N) is 3. The van der Waals surface area contributed by atoms with E-state index in [9.17, 15) is 22.8 Å². The Balaban J connectivity index is 2.28. The molecule has 0 fully saturated rings. The van der Waals surface area contributed by atoms with Gasteiger partial charge in [0.2, 0.25) is 10.0 Å². The van der Waals surface area contributed by atoms with Gasteiger partial charge in [0.05, 0.1) is 23.6 Å². The van der Waals surface area contributed by atoms with Crippen molar-refractivity contribution in [1.29, 1.82) is 0 Å². The van der Waals surface area contributed by atoms with Gasteiger partial charge in [0.1, 0.15) is 0 Å². The lowest BCUT2D eigenvalue weighted by molar-refractivity contribution is -0.118. The SMILES string of the molecule is COCCNC(=O)c1ccccc1NS(=O)(=O)C1C(=O)NC(=O)N=C1C. The first-order chi connectivity index (χ1) is 12.3. The van der Waals surface area contributed by atoms with Crippen molar-refractivity contribution in [2.24, 2.45) is 4.99 Å². The topological polar surface area (TPSA) is 143 Å². The molecule has 0 spiro atoms. The van der Waals surface area contributed by atoms with Gasteiger partial charge in [-0.1, -0.05) is 12.1 Å². The maximum absolute atomic E-state index is 12.6. The van der Waals surface area contributed by atoms with Gasteiger partial charge in [-0.3, -0.25) is 19.6 Å². The van der Waals surface area contributed by atoms with Gasteiger partial charge >= 0.3 is 6.03 Å². The lowest BCUT2D eigenvalue weighted by Crippen LogP contribution is -2.51. The number of nitrogens with zero attached hydrogens (tertiary/aromatic N) is 1. The first-order valence-electron chi connectivity index (χ1n) is 7.54. The number of hydrogen-bond acceptors (Lipinski definition) is 6. The van der Waals surface area contributed by atoms with E-state index >= 15 is 0 Å². The van der Waals surface area contributed by atoms with E-state index in [-0.39, 0.29) is 23.5 Å². The Bertz CT molecular complexity index is 865. The highest BCUT2D eigenvalue weighted by Gasteiger charge is 2.39. The monoisotopic (exact) mass is 382 g/mol. The Hall–Kier alpha value is -2.79. The molecule has 1 atom stereocenters. The minimum atomic E-state index is -4.29. The molecule has 140 valence electrons. The summed E-state index contributed by atoms with van der Waals surface area (Å²) in [7, 11) is -2.80. The van der Waals surface area contributed by atoms with Gasteiger partial charge in [-0.25, -0.2) is 18.2 Å². The van der Waals surface area contributed by atoms with Crippen LogP contribution in [0.3, 0.4) is 0 Å². The molecule has 4 amide bonds. The van der Waals surface area contributed by atoms with E-state index in [0.29, 0.717) is 6.61 Å². The Morgan fingerprint density at radius 2 is 2.00 bits per heavy atom. The van der Waals surface area contributed by atoms with Crippen LogP contribution in [0.1, 0.15) is 17.3 Å². The van der Waals surface area contributed by atoms with E-state index in [1.165, 1.54) is 32.2 Å². The van der Waals surface area contributed by atoms with Crippen LogP contribution in [-0.2, 0) is 19.6 Å². The molecule has 0 saturated carbocycles. The van der Waals surface area contributed by atoms with E-state index in [1.807, 2.05) is 5.32 Å². The standard InChI is InChI=1S/C15H18N4O6S/c1-9-12(14(21)18-15(22)17-9)26(23,24)19-11-6-4-3-5-10(11)13(20)16-7-8-25-2/h3-6,12,19H,7-8H2,1-2H3,(H,16,20)(H,18,21,22). The van der Waals surface area contributed by atoms with Crippen molar-refractivity contribution in [3.8, 4) is 0 Å². The zero-order valence-corrected chi connectivity index (χ0v) is 14.9. The average molecular weight is 382 g/mol. The predicted molar refractivity (Wildman–Crippen MR) is 93.6 cm³/mol. The summed E-state index contributed by atoms with van der Waals surface area (Å²) >= 11 is 0. The molecule has 0 radical (unpaired) electrons. The molecular weight excluding hydrogens is 364 g/mol. The first-order valence-corrected chi connectivity index (χ1v) is 9.08. The van der Waals surface area contributed by atoms with Gasteiger partial charge in [0, 0.05) is 13.7 Å². The van der Waals surface area contributed by atoms with Crippen LogP contribution in [0, 0.1) is 0 Å². The first kappa shape index (κ1) is 19.5. The average Bonchev–Trinajstić information content (AvgIpc) is 2.53. The molecule has 0 bridgehead atoms.